The third-order valence-electron chi connectivity index (χ3n) is 2.86. The van der Waals surface area contributed by atoms with Gasteiger partial charge in [0.15, 0.2) is 0 Å². The molecular formula is C14H11F3N2O2. The first-order valence-corrected chi connectivity index (χ1v) is 6.01. The summed E-state index contributed by atoms with van der Waals surface area (Å²) in [6.07, 6.45) is -4.34. The number of benzene rings is 2. The Kier molecular flexibility index (Phi) is 4.11. The van der Waals surface area contributed by atoms with E-state index in [0.29, 0.717) is 17.8 Å². The van der Waals surface area contributed by atoms with Crippen molar-refractivity contribution in [3.05, 3.63) is 69.8 Å². The molecule has 110 valence electrons. The van der Waals surface area contributed by atoms with Crippen LogP contribution in [0.5, 0.6) is 0 Å². The van der Waals surface area contributed by atoms with Crippen LogP contribution in [0.4, 0.5) is 24.5 Å². The van der Waals surface area contributed by atoms with Crippen molar-refractivity contribution >= 4 is 11.4 Å². The minimum Gasteiger partial charge on any atom is -0.381 e. The van der Waals surface area contributed by atoms with Crippen LogP contribution in [0.25, 0.3) is 0 Å². The first kappa shape index (κ1) is 14.8. The number of non-ortho nitro benzene ring substituents is 1. The van der Waals surface area contributed by atoms with E-state index in [-0.39, 0.29) is 5.69 Å². The topological polar surface area (TPSA) is 55.2 Å². The molecule has 2 rings (SSSR count). The van der Waals surface area contributed by atoms with Crippen LogP contribution in [0.1, 0.15) is 11.1 Å². The monoisotopic (exact) mass is 296 g/mol. The second kappa shape index (κ2) is 5.82. The molecule has 0 atom stereocenters. The van der Waals surface area contributed by atoms with E-state index in [1.54, 1.807) is 12.1 Å². The highest BCUT2D eigenvalue weighted by molar-refractivity contribution is 5.48. The summed E-state index contributed by atoms with van der Waals surface area (Å²) in [6, 6.07) is 10.6. The lowest BCUT2D eigenvalue weighted by Crippen LogP contribution is -2.05. The van der Waals surface area contributed by atoms with Gasteiger partial charge in [0.05, 0.1) is 10.5 Å². The Labute approximate surface area is 118 Å². The molecule has 0 aliphatic heterocycles. The van der Waals surface area contributed by atoms with E-state index in [2.05, 4.69) is 5.32 Å². The molecule has 0 saturated carbocycles. The molecule has 0 radical (unpaired) electrons. The number of rotatable bonds is 4. The SMILES string of the molecule is O=[N+]([O-])c1ccc(NCc2ccc(C(F)(F)F)cc2)cc1. The van der Waals surface area contributed by atoms with Crippen LogP contribution in [-0.2, 0) is 12.7 Å². The highest BCUT2D eigenvalue weighted by Crippen LogP contribution is 2.29. The van der Waals surface area contributed by atoms with E-state index >= 15 is 0 Å². The van der Waals surface area contributed by atoms with Gasteiger partial charge in [0.1, 0.15) is 0 Å². The van der Waals surface area contributed by atoms with Crippen LogP contribution in [0.2, 0.25) is 0 Å². The van der Waals surface area contributed by atoms with E-state index in [1.807, 2.05) is 0 Å². The van der Waals surface area contributed by atoms with Crippen LogP contribution >= 0.6 is 0 Å². The van der Waals surface area contributed by atoms with Crippen LogP contribution in [-0.4, -0.2) is 4.92 Å². The molecule has 0 unspecified atom stereocenters. The molecule has 0 aromatic heterocycles. The molecule has 0 heterocycles. The Morgan fingerprint density at radius 3 is 2.05 bits per heavy atom. The normalized spacial score (nSPS) is 11.2. The third kappa shape index (κ3) is 3.95. The highest BCUT2D eigenvalue weighted by Gasteiger charge is 2.29. The van der Waals surface area contributed by atoms with E-state index in [4.69, 9.17) is 0 Å². The van der Waals surface area contributed by atoms with Crippen molar-refractivity contribution in [2.45, 2.75) is 12.7 Å². The summed E-state index contributed by atoms with van der Waals surface area (Å²) in [4.78, 5) is 10.00. The maximum atomic E-state index is 12.4. The Morgan fingerprint density at radius 2 is 1.57 bits per heavy atom. The van der Waals surface area contributed by atoms with Crippen LogP contribution < -0.4 is 5.32 Å². The fraction of sp³-hybridized carbons (Fsp3) is 0.143. The summed E-state index contributed by atoms with van der Waals surface area (Å²) in [7, 11) is 0. The number of nitrogens with zero attached hydrogens (tertiary/aromatic N) is 1. The van der Waals surface area contributed by atoms with Crippen molar-refractivity contribution in [1.29, 1.82) is 0 Å². The van der Waals surface area contributed by atoms with Gasteiger partial charge in [-0.25, -0.2) is 0 Å². The largest absolute Gasteiger partial charge is 0.416 e. The quantitative estimate of drug-likeness (QED) is 0.678. The van der Waals surface area contributed by atoms with E-state index < -0.39 is 16.7 Å². The van der Waals surface area contributed by atoms with Crippen molar-refractivity contribution in [2.24, 2.45) is 0 Å². The minimum atomic E-state index is -4.34. The number of anilines is 1. The molecule has 0 amide bonds. The molecule has 4 nitrogen and oxygen atoms in total. The number of alkyl halides is 3. The molecular weight excluding hydrogens is 285 g/mol. The van der Waals surface area contributed by atoms with Crippen molar-refractivity contribution in [1.82, 2.24) is 0 Å². The summed E-state index contributed by atoms with van der Waals surface area (Å²) in [6.45, 7) is 0.329. The summed E-state index contributed by atoms with van der Waals surface area (Å²) in [5, 5.41) is 13.5. The maximum Gasteiger partial charge on any atom is 0.416 e. The number of hydrogen-bond donors (Lipinski definition) is 1. The van der Waals surface area contributed by atoms with Gasteiger partial charge in [-0.15, -0.1) is 0 Å². The van der Waals surface area contributed by atoms with Crippen molar-refractivity contribution in [3.63, 3.8) is 0 Å². The van der Waals surface area contributed by atoms with Gasteiger partial charge in [0.2, 0.25) is 0 Å². The molecule has 0 aliphatic rings. The fourth-order valence-corrected chi connectivity index (χ4v) is 1.72. The Morgan fingerprint density at radius 1 is 1.00 bits per heavy atom. The van der Waals surface area contributed by atoms with Gasteiger partial charge in [-0.1, -0.05) is 12.1 Å². The van der Waals surface area contributed by atoms with Gasteiger partial charge >= 0.3 is 6.18 Å². The average Bonchev–Trinajstić information content (AvgIpc) is 2.45. The van der Waals surface area contributed by atoms with Gasteiger partial charge < -0.3 is 5.32 Å². The number of nitro groups is 1. The van der Waals surface area contributed by atoms with Crippen LogP contribution in [0.3, 0.4) is 0 Å². The molecule has 0 saturated heterocycles. The first-order valence-electron chi connectivity index (χ1n) is 6.01. The predicted octanol–water partition coefficient (Wildman–Crippen LogP) is 4.23. The van der Waals surface area contributed by atoms with Crippen LogP contribution in [0.15, 0.2) is 48.5 Å². The molecule has 21 heavy (non-hydrogen) atoms. The van der Waals surface area contributed by atoms with Gasteiger partial charge in [0, 0.05) is 24.4 Å². The fourth-order valence-electron chi connectivity index (χ4n) is 1.72. The molecule has 7 heteroatoms. The zero-order valence-corrected chi connectivity index (χ0v) is 10.7. The van der Waals surface area contributed by atoms with E-state index in [1.165, 1.54) is 24.3 Å². The summed E-state index contributed by atoms with van der Waals surface area (Å²) < 4.78 is 37.2. The van der Waals surface area contributed by atoms with Gasteiger partial charge in [-0.3, -0.25) is 10.1 Å². The Balaban J connectivity index is 1.98. The summed E-state index contributed by atoms with van der Waals surface area (Å²) in [5.74, 6) is 0. The van der Waals surface area contributed by atoms with Crippen molar-refractivity contribution < 1.29 is 18.1 Å². The molecule has 2 aromatic carbocycles. The van der Waals surface area contributed by atoms with Gasteiger partial charge in [0.25, 0.3) is 5.69 Å². The van der Waals surface area contributed by atoms with Crippen molar-refractivity contribution in [2.75, 3.05) is 5.32 Å². The van der Waals surface area contributed by atoms with Crippen LogP contribution in [0, 0.1) is 10.1 Å². The number of nitro benzene ring substituents is 1. The maximum absolute atomic E-state index is 12.4. The number of hydrogen-bond acceptors (Lipinski definition) is 3. The lowest BCUT2D eigenvalue weighted by Gasteiger charge is -2.09. The molecule has 1 N–H and O–H groups in total. The molecule has 0 bridgehead atoms. The van der Waals surface area contributed by atoms with Gasteiger partial charge in [-0.05, 0) is 29.8 Å². The van der Waals surface area contributed by atoms with Crippen molar-refractivity contribution in [3.8, 4) is 0 Å². The summed E-state index contributed by atoms with van der Waals surface area (Å²) in [5.41, 5.74) is 0.624. The Bertz CT molecular complexity index is 622. The first-order chi connectivity index (χ1) is 9.86. The minimum absolute atomic E-state index is 0.0184. The average molecular weight is 296 g/mol. The van der Waals surface area contributed by atoms with Gasteiger partial charge in [-0.2, -0.15) is 13.2 Å². The zero-order valence-electron chi connectivity index (χ0n) is 10.7. The lowest BCUT2D eigenvalue weighted by atomic mass is 10.1. The highest BCUT2D eigenvalue weighted by atomic mass is 19.4. The molecule has 2 aromatic rings. The zero-order chi connectivity index (χ0) is 15.5. The predicted molar refractivity (Wildman–Crippen MR) is 71.9 cm³/mol. The standard InChI is InChI=1S/C14H11F3N2O2/c15-14(16,17)11-3-1-10(2-4-11)9-18-12-5-7-13(8-6-12)19(20)21/h1-8,18H,9H2. The number of halogens is 3. The summed E-state index contributed by atoms with van der Waals surface area (Å²) >= 11 is 0. The smallest absolute Gasteiger partial charge is 0.381 e. The number of nitrogens with one attached hydrogen (secondary N) is 1. The second-order valence-electron chi connectivity index (χ2n) is 4.35. The third-order valence-corrected chi connectivity index (χ3v) is 2.86. The Hall–Kier alpha value is -2.57. The lowest BCUT2D eigenvalue weighted by molar-refractivity contribution is -0.384. The molecule has 0 fully saturated rings. The van der Waals surface area contributed by atoms with E-state index in [9.17, 15) is 23.3 Å². The second-order valence-corrected chi connectivity index (χ2v) is 4.35. The van der Waals surface area contributed by atoms with E-state index in [0.717, 1.165) is 12.1 Å². The molecule has 0 spiro atoms. The molecule has 0 aliphatic carbocycles.